The van der Waals surface area contributed by atoms with Gasteiger partial charge in [-0.05, 0) is 35.9 Å². The van der Waals surface area contributed by atoms with Crippen molar-refractivity contribution in [2.24, 2.45) is 0 Å². The maximum atomic E-state index is 12.6. The normalized spacial score (nSPS) is 14.0. The minimum atomic E-state index is -0.532. The molecule has 8 nitrogen and oxygen atoms in total. The van der Waals surface area contributed by atoms with Gasteiger partial charge < -0.3 is 14.5 Å². The first kappa shape index (κ1) is 22.3. The maximum absolute atomic E-state index is 12.6. The van der Waals surface area contributed by atoms with Crippen LogP contribution in [0, 0.1) is 16.2 Å². The van der Waals surface area contributed by atoms with Crippen molar-refractivity contribution >= 4 is 35.2 Å². The Hall–Kier alpha value is -3.39. The first-order valence-electron chi connectivity index (χ1n) is 9.57. The monoisotopic (exact) mass is 442 g/mol. The molecule has 0 unspecified atom stereocenters. The highest BCUT2D eigenvalue weighted by atomic mass is 35.5. The molecule has 2 amide bonds. The van der Waals surface area contributed by atoms with Gasteiger partial charge in [-0.3, -0.25) is 19.7 Å². The van der Waals surface area contributed by atoms with E-state index in [-0.39, 0.29) is 23.1 Å². The highest BCUT2D eigenvalue weighted by Gasteiger charge is 2.23. The molecule has 3 rings (SSSR count). The van der Waals surface area contributed by atoms with Crippen molar-refractivity contribution in [3.8, 4) is 16.9 Å². The maximum Gasteiger partial charge on any atom is 0.285 e. The van der Waals surface area contributed by atoms with Gasteiger partial charge in [-0.15, -0.1) is 0 Å². The van der Waals surface area contributed by atoms with Crippen LogP contribution in [0.3, 0.4) is 0 Å². The summed E-state index contributed by atoms with van der Waals surface area (Å²) < 4.78 is 5.37. The number of nitrogens with zero attached hydrogens (tertiary/aromatic N) is 3. The van der Waals surface area contributed by atoms with Crippen molar-refractivity contribution in [1.82, 2.24) is 9.80 Å². The molecule has 0 spiro atoms. The summed E-state index contributed by atoms with van der Waals surface area (Å²) in [5.41, 5.74) is 0.907. The number of nitro benzene ring substituents is 1. The van der Waals surface area contributed by atoms with Crippen LogP contribution in [0.25, 0.3) is 17.2 Å². The number of ether oxygens (including phenoxy) is 1. The summed E-state index contributed by atoms with van der Waals surface area (Å²) in [5, 5.41) is 12.1. The van der Waals surface area contributed by atoms with Gasteiger partial charge in [-0.25, -0.2) is 0 Å². The second-order valence-corrected chi connectivity index (χ2v) is 7.36. The molecule has 9 heteroatoms. The fourth-order valence-electron chi connectivity index (χ4n) is 3.45. The number of methoxy groups -OCH3 is 1. The van der Waals surface area contributed by atoms with Crippen molar-refractivity contribution in [3.05, 3.63) is 63.2 Å². The van der Waals surface area contributed by atoms with Crippen LogP contribution in [-0.4, -0.2) is 59.8 Å². The van der Waals surface area contributed by atoms with Crippen LogP contribution in [0.5, 0.6) is 5.75 Å². The summed E-state index contributed by atoms with van der Waals surface area (Å²) >= 11 is 6.13. The number of benzene rings is 2. The molecule has 1 fully saturated rings. The zero-order valence-corrected chi connectivity index (χ0v) is 17.9. The summed E-state index contributed by atoms with van der Waals surface area (Å²) in [4.78, 5) is 38.6. The molecule has 1 aliphatic heterocycles. The van der Waals surface area contributed by atoms with Crippen LogP contribution in [0.2, 0.25) is 5.02 Å². The van der Waals surface area contributed by atoms with Crippen LogP contribution >= 0.6 is 11.6 Å². The molecule has 31 heavy (non-hydrogen) atoms. The number of piperazine rings is 1. The zero-order chi connectivity index (χ0) is 22.5. The highest BCUT2D eigenvalue weighted by molar-refractivity contribution is 6.31. The predicted molar refractivity (Wildman–Crippen MR) is 117 cm³/mol. The molecule has 0 atom stereocenters. The van der Waals surface area contributed by atoms with E-state index in [2.05, 4.69) is 6.07 Å². The fourth-order valence-corrected chi connectivity index (χ4v) is 3.62. The first-order valence-corrected chi connectivity index (χ1v) is 9.95. The number of amides is 2. The third kappa shape index (κ3) is 5.03. The zero-order valence-electron chi connectivity index (χ0n) is 17.1. The van der Waals surface area contributed by atoms with Crippen molar-refractivity contribution < 1.29 is 19.2 Å². The Labute approximate surface area is 184 Å². The molecule has 2 aromatic carbocycles. The molecule has 161 valence electrons. The number of rotatable bonds is 5. The standard InChI is InChI=1S/C22H21ClN3O5/c1-15(27)24-10-12-25(13-11-24)21(28)9-6-16-4-3-5-19(26(29)30)22(16)18-14-17(23)7-8-20(18)31-2/h3-4,6-9,14H,10-13H2,1-2H3/b9-6+. The molecule has 0 N–H and O–H groups in total. The lowest BCUT2D eigenvalue weighted by atomic mass is 9.96. The third-order valence-corrected chi connectivity index (χ3v) is 5.30. The largest absolute Gasteiger partial charge is 0.496 e. The number of hydrogen-bond acceptors (Lipinski definition) is 5. The molecule has 1 radical (unpaired) electrons. The number of carbonyl (C=O) groups excluding carboxylic acids is 2. The molecule has 2 aromatic rings. The SMILES string of the molecule is COc1ccc(Cl)cc1-c1c([N+](=O)[O-])[c]ccc1/C=C/C(=O)N1CCN(C(C)=O)CC1. The van der Waals surface area contributed by atoms with Crippen molar-refractivity contribution in [2.75, 3.05) is 33.3 Å². The van der Waals surface area contributed by atoms with Crippen LogP contribution in [0.15, 0.2) is 36.4 Å². The van der Waals surface area contributed by atoms with E-state index in [0.717, 1.165) is 0 Å². The van der Waals surface area contributed by atoms with Gasteiger partial charge in [0.05, 0.1) is 23.7 Å². The molecular weight excluding hydrogens is 422 g/mol. The molecule has 0 bridgehead atoms. The summed E-state index contributed by atoms with van der Waals surface area (Å²) in [6.07, 6.45) is 2.92. The van der Waals surface area contributed by atoms with Gasteiger partial charge >= 0.3 is 0 Å². The average Bonchev–Trinajstić information content (AvgIpc) is 2.77. The molecule has 1 heterocycles. The minimum absolute atomic E-state index is 0.0180. The second-order valence-electron chi connectivity index (χ2n) is 6.92. The van der Waals surface area contributed by atoms with E-state index in [1.807, 2.05) is 0 Å². The lowest BCUT2D eigenvalue weighted by Crippen LogP contribution is -2.49. The van der Waals surface area contributed by atoms with Crippen LogP contribution in [-0.2, 0) is 9.59 Å². The smallest absolute Gasteiger partial charge is 0.285 e. The quantitative estimate of drug-likeness (QED) is 0.402. The number of hydrogen-bond donors (Lipinski definition) is 0. The summed E-state index contributed by atoms with van der Waals surface area (Å²) in [6.45, 7) is 3.32. The predicted octanol–water partition coefficient (Wildman–Crippen LogP) is 3.43. The van der Waals surface area contributed by atoms with Gasteiger partial charge in [0.25, 0.3) is 5.69 Å². The third-order valence-electron chi connectivity index (χ3n) is 5.06. The van der Waals surface area contributed by atoms with E-state index in [4.69, 9.17) is 16.3 Å². The number of nitro groups is 1. The van der Waals surface area contributed by atoms with Crippen molar-refractivity contribution in [3.63, 3.8) is 0 Å². The topological polar surface area (TPSA) is 93.0 Å². The van der Waals surface area contributed by atoms with Crippen LogP contribution < -0.4 is 4.74 Å². The lowest BCUT2D eigenvalue weighted by Gasteiger charge is -2.33. The van der Waals surface area contributed by atoms with Crippen LogP contribution in [0.1, 0.15) is 12.5 Å². The molecular formula is C22H21ClN3O5. The Bertz CT molecular complexity index is 1050. The van der Waals surface area contributed by atoms with Gasteiger partial charge in [-0.1, -0.05) is 17.7 Å². The Morgan fingerprint density at radius 3 is 2.48 bits per heavy atom. The molecule has 1 aliphatic rings. The van der Waals surface area contributed by atoms with E-state index in [0.29, 0.717) is 48.1 Å². The number of halogens is 1. The Morgan fingerprint density at radius 1 is 1.19 bits per heavy atom. The Morgan fingerprint density at radius 2 is 1.87 bits per heavy atom. The second kappa shape index (κ2) is 9.61. The van der Waals surface area contributed by atoms with E-state index in [1.54, 1.807) is 34.1 Å². The highest BCUT2D eigenvalue weighted by Crippen LogP contribution is 2.40. The average molecular weight is 443 g/mol. The number of carbonyl (C=O) groups is 2. The summed E-state index contributed by atoms with van der Waals surface area (Å²) in [6, 6.07) is 10.6. The minimum Gasteiger partial charge on any atom is -0.496 e. The molecule has 0 saturated carbocycles. The summed E-state index contributed by atoms with van der Waals surface area (Å²) in [5.74, 6) is 0.159. The van der Waals surface area contributed by atoms with Gasteiger partial charge in [-0.2, -0.15) is 0 Å². The van der Waals surface area contributed by atoms with Crippen LogP contribution in [0.4, 0.5) is 5.69 Å². The van der Waals surface area contributed by atoms with Gasteiger partial charge in [0, 0.05) is 49.8 Å². The Balaban J connectivity index is 1.95. The van der Waals surface area contributed by atoms with Crippen molar-refractivity contribution in [2.45, 2.75) is 6.92 Å². The van der Waals surface area contributed by atoms with Gasteiger partial charge in [0.1, 0.15) is 5.75 Å². The lowest BCUT2D eigenvalue weighted by molar-refractivity contribution is -0.384. The molecule has 1 saturated heterocycles. The van der Waals surface area contributed by atoms with E-state index < -0.39 is 4.92 Å². The van der Waals surface area contributed by atoms with E-state index >= 15 is 0 Å². The molecule has 0 aromatic heterocycles. The summed E-state index contributed by atoms with van der Waals surface area (Å²) in [7, 11) is 1.46. The first-order chi connectivity index (χ1) is 14.8. The van der Waals surface area contributed by atoms with E-state index in [1.165, 1.54) is 32.3 Å². The van der Waals surface area contributed by atoms with E-state index in [9.17, 15) is 19.7 Å². The van der Waals surface area contributed by atoms with Gasteiger partial charge in [0.2, 0.25) is 11.8 Å². The fraction of sp³-hybridized carbons (Fsp3) is 0.273. The Kier molecular flexibility index (Phi) is 6.91. The molecule has 0 aliphatic carbocycles. The van der Waals surface area contributed by atoms with Crippen molar-refractivity contribution in [1.29, 1.82) is 0 Å². The van der Waals surface area contributed by atoms with Gasteiger partial charge in [0.15, 0.2) is 0 Å².